The molecular weight excluding hydrogens is 398 g/mol. The number of methoxy groups -OCH3 is 1. The minimum atomic E-state index is -0.0759. The molecular formula is C19H34BrN3O3. The maximum atomic E-state index is 9.47. The van der Waals surface area contributed by atoms with Crippen molar-refractivity contribution < 1.29 is 14.6 Å². The number of halogens is 1. The number of aliphatic hydroxyl groups is 1. The summed E-state index contributed by atoms with van der Waals surface area (Å²) in [4.78, 5) is 10.8. The summed E-state index contributed by atoms with van der Waals surface area (Å²) in [5.41, 5.74) is 1.65. The van der Waals surface area contributed by atoms with Crippen LogP contribution in [0.1, 0.15) is 62.8 Å². The Morgan fingerprint density at radius 3 is 2.08 bits per heavy atom. The van der Waals surface area contributed by atoms with Gasteiger partial charge >= 0.3 is 0 Å². The fraction of sp³-hybridized carbons (Fsp3) is 0.789. The van der Waals surface area contributed by atoms with Gasteiger partial charge in [0.1, 0.15) is 6.79 Å². The number of rotatable bonds is 15. The van der Waals surface area contributed by atoms with Crippen LogP contribution in [0.2, 0.25) is 0 Å². The molecule has 1 aromatic heterocycles. The highest BCUT2D eigenvalue weighted by atomic mass is 79.9. The molecule has 0 aliphatic rings. The zero-order chi connectivity index (χ0) is 19.2. The molecule has 6 nitrogen and oxygen atoms in total. The number of aryl methyl sites for hydroxylation is 1. The van der Waals surface area contributed by atoms with E-state index in [4.69, 9.17) is 9.47 Å². The van der Waals surface area contributed by atoms with Gasteiger partial charge in [0.15, 0.2) is 0 Å². The molecule has 0 saturated carbocycles. The van der Waals surface area contributed by atoms with Crippen molar-refractivity contribution in [1.29, 1.82) is 0 Å². The summed E-state index contributed by atoms with van der Waals surface area (Å²) in [7, 11) is 5.48. The Balaban J connectivity index is 2.17. The van der Waals surface area contributed by atoms with Crippen LogP contribution in [0.15, 0.2) is 4.47 Å². The van der Waals surface area contributed by atoms with Gasteiger partial charge in [0.25, 0.3) is 0 Å². The van der Waals surface area contributed by atoms with Crippen molar-refractivity contribution in [3.63, 3.8) is 0 Å². The highest BCUT2D eigenvalue weighted by Gasteiger charge is 2.12. The van der Waals surface area contributed by atoms with Gasteiger partial charge in [0, 0.05) is 27.8 Å². The van der Waals surface area contributed by atoms with Crippen LogP contribution in [-0.2, 0) is 22.5 Å². The maximum absolute atomic E-state index is 9.47. The lowest BCUT2D eigenvalue weighted by Crippen LogP contribution is -2.15. The number of hydrogen-bond donors (Lipinski definition) is 1. The number of anilines is 1. The second kappa shape index (κ2) is 14.3. The molecule has 0 unspecified atom stereocenters. The number of hydrogen-bond acceptors (Lipinski definition) is 6. The van der Waals surface area contributed by atoms with E-state index in [1.54, 1.807) is 7.11 Å². The van der Waals surface area contributed by atoms with Gasteiger partial charge in [-0.15, -0.1) is 0 Å². The third-order valence-corrected chi connectivity index (χ3v) is 5.10. The predicted molar refractivity (Wildman–Crippen MR) is 108 cm³/mol. The van der Waals surface area contributed by atoms with E-state index in [1.807, 2.05) is 19.0 Å². The van der Waals surface area contributed by atoms with Crippen LogP contribution in [0.25, 0.3) is 0 Å². The van der Waals surface area contributed by atoms with Crippen molar-refractivity contribution >= 4 is 21.9 Å². The van der Waals surface area contributed by atoms with E-state index in [0.717, 1.165) is 36.0 Å². The molecule has 0 amide bonds. The Hall–Kier alpha value is -0.760. The van der Waals surface area contributed by atoms with Gasteiger partial charge in [0.2, 0.25) is 5.95 Å². The summed E-state index contributed by atoms with van der Waals surface area (Å²) in [5.74, 6) is 0.654. The Labute approximate surface area is 166 Å². The number of nitrogens with zero attached hydrogens (tertiary/aromatic N) is 3. The third kappa shape index (κ3) is 9.26. The molecule has 0 fully saturated rings. The van der Waals surface area contributed by atoms with Crippen molar-refractivity contribution in [1.82, 2.24) is 9.97 Å². The SMILES string of the molecule is COCOCCCCCCCCCCc1nc(N(C)C)nc(CO)c1Br. The fourth-order valence-electron chi connectivity index (χ4n) is 2.70. The zero-order valence-corrected chi connectivity index (χ0v) is 18.1. The van der Waals surface area contributed by atoms with Gasteiger partial charge in [-0.2, -0.15) is 0 Å². The van der Waals surface area contributed by atoms with Crippen molar-refractivity contribution in [3.8, 4) is 0 Å². The summed E-state index contributed by atoms with van der Waals surface area (Å²) >= 11 is 3.54. The molecule has 7 heteroatoms. The zero-order valence-electron chi connectivity index (χ0n) is 16.5. The van der Waals surface area contributed by atoms with Gasteiger partial charge in [-0.3, -0.25) is 0 Å². The molecule has 1 aromatic rings. The van der Waals surface area contributed by atoms with Crippen molar-refractivity contribution in [3.05, 3.63) is 15.9 Å². The van der Waals surface area contributed by atoms with E-state index in [-0.39, 0.29) is 6.61 Å². The Bertz CT molecular complexity index is 501. The van der Waals surface area contributed by atoms with Crippen LogP contribution in [0, 0.1) is 0 Å². The summed E-state index contributed by atoms with van der Waals surface area (Å²) in [6.45, 7) is 1.12. The summed E-state index contributed by atoms with van der Waals surface area (Å²) in [6.07, 6.45) is 10.7. The quantitative estimate of drug-likeness (QED) is 0.333. The average Bonchev–Trinajstić information content (AvgIpc) is 2.63. The summed E-state index contributed by atoms with van der Waals surface area (Å²) in [6, 6.07) is 0. The standard InChI is InChI=1S/C19H34BrN3O3/c1-23(2)19-21-16(18(20)17(14-24)22-19)12-10-8-6-4-5-7-9-11-13-26-15-25-3/h24H,4-15H2,1-3H3. The molecule has 0 radical (unpaired) electrons. The third-order valence-electron chi connectivity index (χ3n) is 4.18. The number of aromatic nitrogens is 2. The minimum Gasteiger partial charge on any atom is -0.390 e. The molecule has 0 atom stereocenters. The molecule has 150 valence electrons. The molecule has 1 N–H and O–H groups in total. The van der Waals surface area contributed by atoms with Crippen LogP contribution < -0.4 is 4.90 Å². The first-order chi connectivity index (χ1) is 12.6. The first-order valence-corrected chi connectivity index (χ1v) is 10.3. The predicted octanol–water partition coefficient (Wildman–Crippen LogP) is 4.08. The van der Waals surface area contributed by atoms with E-state index >= 15 is 0 Å². The van der Waals surface area contributed by atoms with Crippen LogP contribution >= 0.6 is 15.9 Å². The van der Waals surface area contributed by atoms with E-state index in [2.05, 4.69) is 25.9 Å². The summed E-state index contributed by atoms with van der Waals surface area (Å²) < 4.78 is 11.0. The number of aliphatic hydroxyl groups excluding tert-OH is 1. The largest absolute Gasteiger partial charge is 0.390 e. The molecule has 26 heavy (non-hydrogen) atoms. The molecule has 0 aliphatic heterocycles. The molecule has 0 aromatic carbocycles. The maximum Gasteiger partial charge on any atom is 0.225 e. The lowest BCUT2D eigenvalue weighted by Gasteiger charge is -2.15. The van der Waals surface area contributed by atoms with Crippen molar-refractivity contribution in [2.24, 2.45) is 0 Å². The van der Waals surface area contributed by atoms with Gasteiger partial charge < -0.3 is 19.5 Å². The molecule has 0 bridgehead atoms. The first-order valence-electron chi connectivity index (χ1n) is 9.50. The summed E-state index contributed by atoms with van der Waals surface area (Å²) in [5, 5.41) is 9.47. The van der Waals surface area contributed by atoms with E-state index in [0.29, 0.717) is 18.4 Å². The second-order valence-electron chi connectivity index (χ2n) is 6.68. The van der Waals surface area contributed by atoms with Crippen molar-refractivity contribution in [2.45, 2.75) is 64.4 Å². The van der Waals surface area contributed by atoms with Gasteiger partial charge in [-0.1, -0.05) is 38.5 Å². The van der Waals surface area contributed by atoms with Crippen LogP contribution in [0.3, 0.4) is 0 Å². The van der Waals surface area contributed by atoms with E-state index < -0.39 is 0 Å². The lowest BCUT2D eigenvalue weighted by atomic mass is 10.1. The highest BCUT2D eigenvalue weighted by Crippen LogP contribution is 2.23. The Morgan fingerprint density at radius 2 is 1.50 bits per heavy atom. The molecule has 0 spiro atoms. The molecule has 0 saturated heterocycles. The molecule has 1 heterocycles. The molecule has 0 aliphatic carbocycles. The highest BCUT2D eigenvalue weighted by molar-refractivity contribution is 9.10. The van der Waals surface area contributed by atoms with Crippen LogP contribution in [0.4, 0.5) is 5.95 Å². The topological polar surface area (TPSA) is 67.7 Å². The fourth-order valence-corrected chi connectivity index (χ4v) is 3.20. The monoisotopic (exact) mass is 431 g/mol. The smallest absolute Gasteiger partial charge is 0.225 e. The lowest BCUT2D eigenvalue weighted by molar-refractivity contribution is -0.0315. The van der Waals surface area contributed by atoms with Crippen molar-refractivity contribution in [2.75, 3.05) is 39.5 Å². The van der Waals surface area contributed by atoms with Gasteiger partial charge in [-0.05, 0) is 35.2 Å². The minimum absolute atomic E-state index is 0.0759. The van der Waals surface area contributed by atoms with E-state index in [9.17, 15) is 5.11 Å². The number of unbranched alkanes of at least 4 members (excludes halogenated alkanes) is 7. The van der Waals surface area contributed by atoms with Crippen LogP contribution in [0.5, 0.6) is 0 Å². The Kier molecular flexibility index (Phi) is 12.8. The normalized spacial score (nSPS) is 11.1. The van der Waals surface area contributed by atoms with Crippen LogP contribution in [-0.4, -0.2) is 49.7 Å². The molecule has 1 rings (SSSR count). The first kappa shape index (κ1) is 23.3. The second-order valence-corrected chi connectivity index (χ2v) is 7.47. The van der Waals surface area contributed by atoms with E-state index in [1.165, 1.54) is 38.5 Å². The van der Waals surface area contributed by atoms with Gasteiger partial charge in [-0.25, -0.2) is 9.97 Å². The Morgan fingerprint density at radius 1 is 0.923 bits per heavy atom. The van der Waals surface area contributed by atoms with Gasteiger partial charge in [0.05, 0.1) is 22.5 Å². The number of ether oxygens (including phenoxy) is 2. The average molecular weight is 432 g/mol.